The highest BCUT2D eigenvalue weighted by atomic mass is 16.2. The molecule has 1 aromatic carbocycles. The van der Waals surface area contributed by atoms with Gasteiger partial charge in [0, 0.05) is 24.0 Å². The summed E-state index contributed by atoms with van der Waals surface area (Å²) in [7, 11) is 0. The largest absolute Gasteiger partial charge is 0.354 e. The SMILES string of the molecule is Cc1cc(C(=O)N2c3ccccc3CC2C)nc(NCCC(C)C)n1. The van der Waals surface area contributed by atoms with Gasteiger partial charge in [0.15, 0.2) is 0 Å². The zero-order chi connectivity index (χ0) is 18.0. The average Bonchev–Trinajstić information content (AvgIpc) is 2.89. The Kier molecular flexibility index (Phi) is 5.02. The van der Waals surface area contributed by atoms with Crippen molar-refractivity contribution in [3.8, 4) is 0 Å². The number of anilines is 2. The molecule has 25 heavy (non-hydrogen) atoms. The van der Waals surface area contributed by atoms with Crippen LogP contribution in [0.4, 0.5) is 11.6 Å². The van der Waals surface area contributed by atoms with Crippen molar-refractivity contribution in [3.05, 3.63) is 47.3 Å². The Morgan fingerprint density at radius 2 is 2.08 bits per heavy atom. The highest BCUT2D eigenvalue weighted by Crippen LogP contribution is 2.32. The summed E-state index contributed by atoms with van der Waals surface area (Å²) in [5.74, 6) is 1.08. The van der Waals surface area contributed by atoms with E-state index < -0.39 is 0 Å². The number of nitrogens with one attached hydrogen (secondary N) is 1. The van der Waals surface area contributed by atoms with Gasteiger partial charge in [-0.25, -0.2) is 9.97 Å². The van der Waals surface area contributed by atoms with Gasteiger partial charge in [0.1, 0.15) is 5.69 Å². The third kappa shape index (κ3) is 3.81. The second-order valence-electron chi connectivity index (χ2n) is 7.18. The second-order valence-corrected chi connectivity index (χ2v) is 7.18. The first-order valence-electron chi connectivity index (χ1n) is 8.96. The van der Waals surface area contributed by atoms with E-state index in [4.69, 9.17) is 0 Å². The average molecular weight is 338 g/mol. The standard InChI is InChI=1S/C20H26N4O/c1-13(2)9-10-21-20-22-14(3)11-17(23-20)19(25)24-15(4)12-16-7-5-6-8-18(16)24/h5-8,11,13,15H,9-10,12H2,1-4H3,(H,21,22,23). The molecule has 1 aromatic heterocycles. The molecule has 1 N–H and O–H groups in total. The van der Waals surface area contributed by atoms with E-state index in [1.165, 1.54) is 5.56 Å². The molecule has 1 unspecified atom stereocenters. The Morgan fingerprint density at radius 3 is 2.84 bits per heavy atom. The van der Waals surface area contributed by atoms with Gasteiger partial charge in [-0.2, -0.15) is 0 Å². The van der Waals surface area contributed by atoms with Crippen LogP contribution < -0.4 is 10.2 Å². The molecule has 1 atom stereocenters. The lowest BCUT2D eigenvalue weighted by Gasteiger charge is -2.22. The third-order valence-corrected chi connectivity index (χ3v) is 4.50. The molecule has 0 saturated heterocycles. The molecule has 5 nitrogen and oxygen atoms in total. The first-order chi connectivity index (χ1) is 12.0. The van der Waals surface area contributed by atoms with Crippen LogP contribution in [0.1, 0.15) is 48.9 Å². The fourth-order valence-electron chi connectivity index (χ4n) is 3.23. The number of hydrogen-bond acceptors (Lipinski definition) is 4. The van der Waals surface area contributed by atoms with Gasteiger partial charge in [0.2, 0.25) is 5.95 Å². The summed E-state index contributed by atoms with van der Waals surface area (Å²) in [6.45, 7) is 9.14. The van der Waals surface area contributed by atoms with E-state index in [2.05, 4.69) is 42.1 Å². The smallest absolute Gasteiger partial charge is 0.277 e. The molecule has 5 heteroatoms. The number of aromatic nitrogens is 2. The summed E-state index contributed by atoms with van der Waals surface area (Å²) in [5.41, 5.74) is 3.45. The predicted molar refractivity (Wildman–Crippen MR) is 101 cm³/mol. The van der Waals surface area contributed by atoms with Crippen molar-refractivity contribution in [2.75, 3.05) is 16.8 Å². The number of para-hydroxylation sites is 1. The zero-order valence-corrected chi connectivity index (χ0v) is 15.4. The molecule has 1 aliphatic rings. The minimum absolute atomic E-state index is 0.0603. The van der Waals surface area contributed by atoms with Crippen molar-refractivity contribution in [2.24, 2.45) is 5.92 Å². The fraction of sp³-hybridized carbons (Fsp3) is 0.450. The number of aryl methyl sites for hydroxylation is 1. The quantitative estimate of drug-likeness (QED) is 0.900. The molecule has 0 radical (unpaired) electrons. The summed E-state index contributed by atoms with van der Waals surface area (Å²) in [6, 6.07) is 9.99. The normalized spacial score (nSPS) is 16.2. The van der Waals surface area contributed by atoms with Crippen LogP contribution in [0, 0.1) is 12.8 Å². The van der Waals surface area contributed by atoms with E-state index >= 15 is 0 Å². The van der Waals surface area contributed by atoms with E-state index in [-0.39, 0.29) is 11.9 Å². The van der Waals surface area contributed by atoms with Crippen molar-refractivity contribution in [2.45, 2.75) is 46.6 Å². The lowest BCUT2D eigenvalue weighted by molar-refractivity contribution is 0.0976. The van der Waals surface area contributed by atoms with Gasteiger partial charge in [0.25, 0.3) is 5.91 Å². The minimum Gasteiger partial charge on any atom is -0.354 e. The first-order valence-corrected chi connectivity index (χ1v) is 8.96. The highest BCUT2D eigenvalue weighted by Gasteiger charge is 2.32. The van der Waals surface area contributed by atoms with Crippen molar-refractivity contribution >= 4 is 17.5 Å². The predicted octanol–water partition coefficient (Wildman–Crippen LogP) is 3.83. The van der Waals surface area contributed by atoms with Crippen LogP contribution in [0.15, 0.2) is 30.3 Å². The van der Waals surface area contributed by atoms with Gasteiger partial charge >= 0.3 is 0 Å². The van der Waals surface area contributed by atoms with Crippen molar-refractivity contribution in [3.63, 3.8) is 0 Å². The maximum absolute atomic E-state index is 13.1. The van der Waals surface area contributed by atoms with E-state index in [1.54, 1.807) is 6.07 Å². The summed E-state index contributed by atoms with van der Waals surface area (Å²) in [4.78, 5) is 23.8. The topological polar surface area (TPSA) is 58.1 Å². The first kappa shape index (κ1) is 17.4. The molecule has 0 fully saturated rings. The number of carbonyl (C=O) groups is 1. The number of hydrogen-bond donors (Lipinski definition) is 1. The van der Waals surface area contributed by atoms with E-state index in [0.717, 1.165) is 30.8 Å². The summed E-state index contributed by atoms with van der Waals surface area (Å²) < 4.78 is 0. The highest BCUT2D eigenvalue weighted by molar-refractivity contribution is 6.06. The lowest BCUT2D eigenvalue weighted by Crippen LogP contribution is -2.36. The Balaban J connectivity index is 1.84. The molecular formula is C20H26N4O. The molecule has 1 amide bonds. The molecule has 0 aliphatic carbocycles. The van der Waals surface area contributed by atoms with Crippen molar-refractivity contribution < 1.29 is 4.79 Å². The molecule has 1 aliphatic heterocycles. The van der Waals surface area contributed by atoms with Crippen LogP contribution in [-0.4, -0.2) is 28.5 Å². The summed E-state index contributed by atoms with van der Waals surface area (Å²) in [6.07, 6.45) is 1.92. The van der Waals surface area contributed by atoms with Gasteiger partial charge in [-0.05, 0) is 50.3 Å². The molecule has 2 aromatic rings. The maximum atomic E-state index is 13.1. The number of nitrogens with zero attached hydrogens (tertiary/aromatic N) is 3. The van der Waals surface area contributed by atoms with E-state index in [1.807, 2.05) is 30.0 Å². The van der Waals surface area contributed by atoms with E-state index in [9.17, 15) is 4.79 Å². The monoisotopic (exact) mass is 338 g/mol. The third-order valence-electron chi connectivity index (χ3n) is 4.50. The van der Waals surface area contributed by atoms with Crippen LogP contribution >= 0.6 is 0 Å². The van der Waals surface area contributed by atoms with Gasteiger partial charge < -0.3 is 10.2 Å². The van der Waals surface area contributed by atoms with Gasteiger partial charge in [-0.1, -0.05) is 32.0 Å². The Morgan fingerprint density at radius 1 is 1.32 bits per heavy atom. The van der Waals surface area contributed by atoms with Crippen LogP contribution in [0.3, 0.4) is 0 Å². The Labute approximate surface area is 149 Å². The number of rotatable bonds is 5. The molecule has 0 bridgehead atoms. The molecule has 3 rings (SSSR count). The maximum Gasteiger partial charge on any atom is 0.277 e. The van der Waals surface area contributed by atoms with E-state index in [0.29, 0.717) is 17.6 Å². The molecule has 0 saturated carbocycles. The molecule has 0 spiro atoms. The van der Waals surface area contributed by atoms with Crippen molar-refractivity contribution in [1.82, 2.24) is 9.97 Å². The van der Waals surface area contributed by atoms with Gasteiger partial charge in [0.05, 0.1) is 0 Å². The minimum atomic E-state index is -0.0603. The second kappa shape index (κ2) is 7.21. The number of fused-ring (bicyclic) bond motifs is 1. The molecule has 2 heterocycles. The van der Waals surface area contributed by atoms with Crippen LogP contribution in [0.2, 0.25) is 0 Å². The number of carbonyl (C=O) groups excluding carboxylic acids is 1. The molecular weight excluding hydrogens is 312 g/mol. The van der Waals surface area contributed by atoms with Crippen molar-refractivity contribution in [1.29, 1.82) is 0 Å². The Hall–Kier alpha value is -2.43. The lowest BCUT2D eigenvalue weighted by atomic mass is 10.1. The number of benzene rings is 1. The molecule has 132 valence electrons. The van der Waals surface area contributed by atoms with Crippen LogP contribution in [0.25, 0.3) is 0 Å². The van der Waals surface area contributed by atoms with Gasteiger partial charge in [-0.3, -0.25) is 4.79 Å². The van der Waals surface area contributed by atoms with Crippen LogP contribution in [-0.2, 0) is 6.42 Å². The van der Waals surface area contributed by atoms with Crippen LogP contribution in [0.5, 0.6) is 0 Å². The Bertz CT molecular complexity index is 772. The fourth-order valence-corrected chi connectivity index (χ4v) is 3.23. The zero-order valence-electron chi connectivity index (χ0n) is 15.4. The number of amides is 1. The summed E-state index contributed by atoms with van der Waals surface area (Å²) in [5, 5.41) is 3.24. The van der Waals surface area contributed by atoms with Gasteiger partial charge in [-0.15, -0.1) is 0 Å². The summed E-state index contributed by atoms with van der Waals surface area (Å²) >= 11 is 0.